The van der Waals surface area contributed by atoms with E-state index in [-0.39, 0.29) is 5.54 Å². The maximum absolute atomic E-state index is 11.2. The second-order valence-electron chi connectivity index (χ2n) is 15.3. The summed E-state index contributed by atoms with van der Waals surface area (Å²) < 4.78 is 0. The molecule has 6 nitrogen and oxygen atoms in total. The van der Waals surface area contributed by atoms with Crippen LogP contribution in [0.25, 0.3) is 0 Å². The predicted octanol–water partition coefficient (Wildman–Crippen LogP) is 2.88. The molecule has 4 heterocycles. The summed E-state index contributed by atoms with van der Waals surface area (Å²) in [6.45, 7) is 13.5. The minimum absolute atomic E-state index is 0.119. The van der Waals surface area contributed by atoms with E-state index >= 15 is 0 Å². The van der Waals surface area contributed by atoms with Crippen molar-refractivity contribution in [2.45, 2.75) is 75.9 Å². The number of hydrogen-bond acceptors (Lipinski definition) is 6. The van der Waals surface area contributed by atoms with Gasteiger partial charge in [-0.25, -0.2) is 0 Å². The van der Waals surface area contributed by atoms with Crippen LogP contribution in [0, 0.1) is 32.5 Å². The van der Waals surface area contributed by atoms with Crippen molar-refractivity contribution in [2.24, 2.45) is 32.8 Å². The molecule has 0 N–H and O–H groups in total. The van der Waals surface area contributed by atoms with E-state index in [2.05, 4.69) is 38.7 Å². The Balaban J connectivity index is 0.781. The number of hydrogen-bond donors (Lipinski definition) is 0. The molecule has 6 heteroatoms. The minimum atomic E-state index is 0.119. The van der Waals surface area contributed by atoms with Crippen molar-refractivity contribution in [3.05, 3.63) is 4.91 Å². The molecular formula is C27H43N5O. The first-order valence-electron chi connectivity index (χ1n) is 14.0. The molecule has 8 rings (SSSR count). The average molecular weight is 454 g/mol. The Kier molecular flexibility index (Phi) is 3.89. The highest BCUT2D eigenvalue weighted by molar-refractivity contribution is 5.22. The first kappa shape index (κ1) is 20.6. The number of likely N-dealkylation sites (tertiary alicyclic amines) is 4. The van der Waals surface area contributed by atoms with E-state index in [0.29, 0.717) is 22.8 Å². The molecule has 182 valence electrons. The Morgan fingerprint density at radius 1 is 0.697 bits per heavy atom. The quantitative estimate of drug-likeness (QED) is 0.599. The highest BCUT2D eigenvalue weighted by Crippen LogP contribution is 2.63. The standard InChI is InChI=1S/C27H43N5O/c1-20-3-23(4-20)14-30(15-23)21-5-24(6-21)16-31(17-24)22-7-25(8-22)18-32(19-25)27(11-28-33)9-26(10-27)12-29(2)13-26/h20-22H,3-19H2,1-2H3. The molecule has 0 aromatic carbocycles. The van der Waals surface area contributed by atoms with Crippen molar-refractivity contribution in [1.82, 2.24) is 19.6 Å². The lowest BCUT2D eigenvalue weighted by Crippen LogP contribution is -2.80. The van der Waals surface area contributed by atoms with Crippen LogP contribution in [-0.2, 0) is 0 Å². The van der Waals surface area contributed by atoms with E-state index in [9.17, 15) is 4.91 Å². The highest BCUT2D eigenvalue weighted by atomic mass is 16.3. The Morgan fingerprint density at radius 3 is 1.64 bits per heavy atom. The summed E-state index contributed by atoms with van der Waals surface area (Å²) in [4.78, 5) is 22.0. The number of rotatable bonds is 5. The van der Waals surface area contributed by atoms with Crippen molar-refractivity contribution in [1.29, 1.82) is 0 Å². The summed E-state index contributed by atoms with van der Waals surface area (Å²) in [6, 6.07) is 1.78. The first-order chi connectivity index (χ1) is 15.8. The summed E-state index contributed by atoms with van der Waals surface area (Å²) in [5.41, 5.74) is 2.68. The fraction of sp³-hybridized carbons (Fsp3) is 1.00. The fourth-order valence-electron chi connectivity index (χ4n) is 11.1. The van der Waals surface area contributed by atoms with Crippen LogP contribution >= 0.6 is 0 Å². The van der Waals surface area contributed by atoms with Gasteiger partial charge in [-0.05, 0) is 86.0 Å². The summed E-state index contributed by atoms with van der Waals surface area (Å²) in [7, 11) is 2.22. The van der Waals surface area contributed by atoms with Crippen LogP contribution in [0.4, 0.5) is 0 Å². The van der Waals surface area contributed by atoms with Crippen LogP contribution in [0.15, 0.2) is 5.18 Å². The zero-order valence-electron chi connectivity index (χ0n) is 20.9. The van der Waals surface area contributed by atoms with Gasteiger partial charge in [0.05, 0.1) is 6.54 Å². The maximum Gasteiger partial charge on any atom is 0.0995 e. The predicted molar refractivity (Wildman–Crippen MR) is 129 cm³/mol. The molecule has 4 aliphatic carbocycles. The van der Waals surface area contributed by atoms with E-state index in [1.807, 2.05) is 0 Å². The van der Waals surface area contributed by atoms with Gasteiger partial charge in [-0.15, -0.1) is 0 Å². The van der Waals surface area contributed by atoms with Gasteiger partial charge >= 0.3 is 0 Å². The maximum atomic E-state index is 11.2. The third-order valence-corrected chi connectivity index (χ3v) is 12.1. The van der Waals surface area contributed by atoms with Crippen LogP contribution in [0.5, 0.6) is 0 Å². The van der Waals surface area contributed by atoms with Crippen molar-refractivity contribution in [3.8, 4) is 0 Å². The third kappa shape index (κ3) is 2.76. The number of nitroso groups, excluding NO2 is 1. The van der Waals surface area contributed by atoms with Crippen molar-refractivity contribution < 1.29 is 0 Å². The molecule has 8 aliphatic rings. The van der Waals surface area contributed by atoms with Gasteiger partial charge in [0, 0.05) is 70.0 Å². The summed E-state index contributed by atoms with van der Waals surface area (Å²) in [5.74, 6) is 0.996. The van der Waals surface area contributed by atoms with Gasteiger partial charge in [0.15, 0.2) is 0 Å². The SMILES string of the molecule is CC1CC2(C1)CN(C1CC3(C1)CN(C1CC4(C1)CN(C1(CN=O)CC5(CN(C)C5)C1)C4)C3)C2. The van der Waals surface area contributed by atoms with Gasteiger partial charge in [-0.2, -0.15) is 4.91 Å². The Hall–Kier alpha value is -0.560. The largest absolute Gasteiger partial charge is 0.305 e. The molecule has 0 atom stereocenters. The Labute approximate surface area is 199 Å². The number of nitrogens with zero attached hydrogens (tertiary/aromatic N) is 5. The third-order valence-electron chi connectivity index (χ3n) is 12.1. The monoisotopic (exact) mass is 453 g/mol. The van der Waals surface area contributed by atoms with Gasteiger partial charge in [0.1, 0.15) is 0 Å². The van der Waals surface area contributed by atoms with Gasteiger partial charge in [0.25, 0.3) is 0 Å². The van der Waals surface area contributed by atoms with Gasteiger partial charge in [-0.3, -0.25) is 14.7 Å². The molecule has 0 amide bonds. The second-order valence-corrected chi connectivity index (χ2v) is 15.3. The van der Waals surface area contributed by atoms with Crippen LogP contribution in [0.3, 0.4) is 0 Å². The molecule has 33 heavy (non-hydrogen) atoms. The average Bonchev–Trinajstić information content (AvgIpc) is 2.51. The molecule has 0 radical (unpaired) electrons. The van der Waals surface area contributed by atoms with E-state index < -0.39 is 0 Å². The van der Waals surface area contributed by atoms with E-state index in [4.69, 9.17) is 0 Å². The molecule has 0 bridgehead atoms. The topological polar surface area (TPSA) is 42.4 Å². The first-order valence-corrected chi connectivity index (χ1v) is 14.0. The second kappa shape index (κ2) is 6.22. The highest BCUT2D eigenvalue weighted by Gasteiger charge is 2.67. The van der Waals surface area contributed by atoms with Gasteiger partial charge in [-0.1, -0.05) is 12.1 Å². The molecule has 4 saturated heterocycles. The van der Waals surface area contributed by atoms with Gasteiger partial charge in [0.2, 0.25) is 0 Å². The lowest BCUT2D eigenvalue weighted by Gasteiger charge is -2.73. The lowest BCUT2D eigenvalue weighted by atomic mass is 9.49. The van der Waals surface area contributed by atoms with Crippen molar-refractivity contribution >= 4 is 0 Å². The summed E-state index contributed by atoms with van der Waals surface area (Å²) >= 11 is 0. The Morgan fingerprint density at radius 2 is 1.18 bits per heavy atom. The fourth-order valence-corrected chi connectivity index (χ4v) is 11.1. The molecule has 4 spiro atoms. The molecule has 0 aromatic heterocycles. The van der Waals surface area contributed by atoms with E-state index in [0.717, 1.165) is 23.4 Å². The van der Waals surface area contributed by atoms with Crippen LogP contribution in [-0.4, -0.2) is 103 Å². The van der Waals surface area contributed by atoms with E-state index in [1.165, 1.54) is 104 Å². The molecule has 8 fully saturated rings. The molecule has 0 unspecified atom stereocenters. The Bertz CT molecular complexity index is 832. The summed E-state index contributed by atoms with van der Waals surface area (Å²) in [5, 5.41) is 3.40. The zero-order chi connectivity index (χ0) is 22.3. The zero-order valence-corrected chi connectivity index (χ0v) is 20.9. The smallest absolute Gasteiger partial charge is 0.0995 e. The van der Waals surface area contributed by atoms with Gasteiger partial charge < -0.3 is 4.90 Å². The minimum Gasteiger partial charge on any atom is -0.305 e. The van der Waals surface area contributed by atoms with Crippen LogP contribution in [0.2, 0.25) is 0 Å². The van der Waals surface area contributed by atoms with Crippen molar-refractivity contribution in [3.63, 3.8) is 0 Å². The van der Waals surface area contributed by atoms with Crippen molar-refractivity contribution in [2.75, 3.05) is 66.0 Å². The lowest BCUT2D eigenvalue weighted by molar-refractivity contribution is -0.233. The molecule has 4 aliphatic heterocycles. The van der Waals surface area contributed by atoms with Crippen LogP contribution in [0.1, 0.15) is 58.3 Å². The molecule has 4 saturated carbocycles. The molecular weight excluding hydrogens is 410 g/mol. The molecule has 0 aromatic rings. The normalized spacial score (nSPS) is 44.7. The summed E-state index contributed by atoms with van der Waals surface area (Å²) in [6.07, 6.45) is 11.2. The van der Waals surface area contributed by atoms with Crippen LogP contribution < -0.4 is 0 Å². The van der Waals surface area contributed by atoms with E-state index in [1.54, 1.807) is 0 Å².